The van der Waals surface area contributed by atoms with Crippen LogP contribution in [0.15, 0.2) is 11.6 Å². The van der Waals surface area contributed by atoms with Gasteiger partial charge in [-0.2, -0.15) is 5.26 Å². The van der Waals surface area contributed by atoms with Gasteiger partial charge in [-0.1, -0.05) is 37.9 Å². The molecule has 2 aliphatic rings. The lowest BCUT2D eigenvalue weighted by atomic mass is 9.78. The summed E-state index contributed by atoms with van der Waals surface area (Å²) in [6.07, 6.45) is 5.51. The monoisotopic (exact) mass is 434 g/mol. The van der Waals surface area contributed by atoms with Crippen molar-refractivity contribution in [3.05, 3.63) is 21.8 Å². The molecule has 1 N–H and O–H groups in total. The van der Waals surface area contributed by atoms with Crippen molar-refractivity contribution in [3.8, 4) is 6.07 Å². The summed E-state index contributed by atoms with van der Waals surface area (Å²) in [6.45, 7) is 0. The predicted octanol–water partition coefficient (Wildman–Crippen LogP) is 3.57. The van der Waals surface area contributed by atoms with Crippen LogP contribution in [0.25, 0.3) is 0 Å². The first kappa shape index (κ1) is 17.9. The number of hydrogen-bond acceptors (Lipinski definition) is 4. The van der Waals surface area contributed by atoms with Gasteiger partial charge < -0.3 is 5.11 Å². The van der Waals surface area contributed by atoms with Crippen molar-refractivity contribution >= 4 is 31.9 Å². The smallest absolute Gasteiger partial charge is 0.213 e. The van der Waals surface area contributed by atoms with Gasteiger partial charge in [-0.25, -0.2) is 0 Å². The topological polar surface area (TPSA) is 87.2 Å². The molecule has 5 nitrogen and oxygen atoms in total. The van der Waals surface area contributed by atoms with Gasteiger partial charge in [-0.05, 0) is 31.6 Å². The molecule has 0 unspecified atom stereocenters. The van der Waals surface area contributed by atoms with Gasteiger partial charge in [0.15, 0.2) is 0 Å². The highest BCUT2D eigenvalue weighted by atomic mass is 79.9. The zero-order valence-electron chi connectivity index (χ0n) is 12.2. The molecule has 2 rings (SSSR count). The molecular formula is C15H20Br2N2O3. The summed E-state index contributed by atoms with van der Waals surface area (Å²) in [4.78, 5) is 11.0. The third-order valence-electron chi connectivity index (χ3n) is 4.78. The van der Waals surface area contributed by atoms with E-state index in [4.69, 9.17) is 0 Å². The maximum atomic E-state index is 10.8. The Morgan fingerprint density at radius 1 is 1.27 bits per heavy atom. The Balaban J connectivity index is 2.05. The van der Waals surface area contributed by atoms with Crippen molar-refractivity contribution in [3.63, 3.8) is 0 Å². The molecule has 122 valence electrons. The fraction of sp³-hybridized carbons (Fsp3) is 0.800. The van der Waals surface area contributed by atoms with Crippen LogP contribution in [0.5, 0.6) is 0 Å². The molecule has 0 saturated heterocycles. The van der Waals surface area contributed by atoms with Crippen LogP contribution >= 0.6 is 31.9 Å². The zero-order chi connectivity index (χ0) is 16.3. The van der Waals surface area contributed by atoms with Gasteiger partial charge in [-0.15, -0.1) is 0 Å². The van der Waals surface area contributed by atoms with E-state index in [-0.39, 0.29) is 21.6 Å². The standard InChI is InChI=1S/C15H20Br2N2O3/c16-12-6-10(15(20)14(17)7-12)5-11(8-18)9-1-3-13(4-2-9)19(21)22/h5,9-10,12-15,20H,1-4,6-7H2/b11-5+/t9?,10-,12+,13?,14+,15-/m1/s1. The van der Waals surface area contributed by atoms with Crippen molar-refractivity contribution in [2.75, 3.05) is 0 Å². The summed E-state index contributed by atoms with van der Waals surface area (Å²) >= 11 is 7.10. The Morgan fingerprint density at radius 3 is 2.45 bits per heavy atom. The molecule has 4 atom stereocenters. The highest BCUT2D eigenvalue weighted by Crippen LogP contribution is 2.37. The number of alkyl halides is 2. The Kier molecular flexibility index (Phi) is 6.42. The summed E-state index contributed by atoms with van der Waals surface area (Å²) < 4.78 is 0. The molecule has 0 aromatic heterocycles. The molecule has 0 aromatic carbocycles. The highest BCUT2D eigenvalue weighted by Gasteiger charge is 2.35. The quantitative estimate of drug-likeness (QED) is 0.317. The summed E-state index contributed by atoms with van der Waals surface area (Å²) in [7, 11) is 0. The van der Waals surface area contributed by atoms with Gasteiger partial charge in [0.1, 0.15) is 0 Å². The fourth-order valence-electron chi connectivity index (χ4n) is 3.44. The largest absolute Gasteiger partial charge is 0.391 e. The van der Waals surface area contributed by atoms with Crippen molar-refractivity contribution in [1.82, 2.24) is 0 Å². The second-order valence-electron chi connectivity index (χ2n) is 6.26. The van der Waals surface area contributed by atoms with E-state index in [1.165, 1.54) is 0 Å². The minimum Gasteiger partial charge on any atom is -0.391 e. The Hall–Kier alpha value is -0.450. The van der Waals surface area contributed by atoms with Crippen LogP contribution in [-0.4, -0.2) is 31.8 Å². The van der Waals surface area contributed by atoms with E-state index in [2.05, 4.69) is 37.9 Å². The molecule has 22 heavy (non-hydrogen) atoms. The molecule has 0 radical (unpaired) electrons. The second kappa shape index (κ2) is 7.89. The normalized spacial score (nSPS) is 40.0. The second-order valence-corrected chi connectivity index (χ2v) is 8.73. The van der Waals surface area contributed by atoms with Gasteiger partial charge in [0.05, 0.1) is 12.2 Å². The molecule has 0 amide bonds. The Labute approximate surface area is 147 Å². The number of halogens is 2. The maximum Gasteiger partial charge on any atom is 0.213 e. The van der Waals surface area contributed by atoms with Gasteiger partial charge in [0, 0.05) is 38.9 Å². The van der Waals surface area contributed by atoms with E-state index in [1.807, 2.05) is 6.08 Å². The van der Waals surface area contributed by atoms with Gasteiger partial charge >= 0.3 is 0 Å². The number of hydrogen-bond donors (Lipinski definition) is 1. The lowest BCUT2D eigenvalue weighted by Crippen LogP contribution is -2.37. The summed E-state index contributed by atoms with van der Waals surface area (Å²) in [5.74, 6) is 0.0447. The average Bonchev–Trinajstić information content (AvgIpc) is 2.49. The lowest BCUT2D eigenvalue weighted by molar-refractivity contribution is -0.526. The molecule has 0 spiro atoms. The van der Waals surface area contributed by atoms with Crippen LogP contribution in [0.1, 0.15) is 38.5 Å². The molecule has 0 aromatic rings. The van der Waals surface area contributed by atoms with Gasteiger partial charge in [-0.3, -0.25) is 10.1 Å². The number of rotatable bonds is 3. The number of allylic oxidation sites excluding steroid dienone is 1. The van der Waals surface area contributed by atoms with E-state index in [0.717, 1.165) is 12.8 Å². The molecule has 0 heterocycles. The average molecular weight is 436 g/mol. The van der Waals surface area contributed by atoms with Crippen LogP contribution in [0, 0.1) is 33.3 Å². The zero-order valence-corrected chi connectivity index (χ0v) is 15.4. The van der Waals surface area contributed by atoms with Crippen LogP contribution in [-0.2, 0) is 0 Å². The van der Waals surface area contributed by atoms with Crippen LogP contribution in [0.2, 0.25) is 0 Å². The fourth-order valence-corrected chi connectivity index (χ4v) is 5.62. The lowest BCUT2D eigenvalue weighted by Gasteiger charge is -2.34. The first-order chi connectivity index (χ1) is 10.4. The molecule has 2 saturated carbocycles. The van der Waals surface area contributed by atoms with Crippen molar-refractivity contribution in [1.29, 1.82) is 5.26 Å². The Morgan fingerprint density at radius 2 is 1.91 bits per heavy atom. The van der Waals surface area contributed by atoms with Crippen molar-refractivity contribution < 1.29 is 10.0 Å². The Bertz CT molecular complexity index is 484. The molecule has 2 aliphatic carbocycles. The van der Waals surface area contributed by atoms with Crippen LogP contribution in [0.4, 0.5) is 0 Å². The number of aliphatic hydroxyl groups is 1. The minimum atomic E-state index is -0.493. The van der Waals surface area contributed by atoms with Gasteiger partial charge in [0.2, 0.25) is 6.04 Å². The highest BCUT2D eigenvalue weighted by molar-refractivity contribution is 9.10. The van der Waals surface area contributed by atoms with E-state index in [0.29, 0.717) is 36.1 Å². The van der Waals surface area contributed by atoms with Crippen LogP contribution in [0.3, 0.4) is 0 Å². The molecule has 0 aliphatic heterocycles. The predicted molar refractivity (Wildman–Crippen MR) is 90.6 cm³/mol. The van der Waals surface area contributed by atoms with Crippen molar-refractivity contribution in [2.24, 2.45) is 11.8 Å². The van der Waals surface area contributed by atoms with E-state index in [1.54, 1.807) is 0 Å². The molecule has 0 bridgehead atoms. The van der Waals surface area contributed by atoms with E-state index < -0.39 is 12.1 Å². The number of aliphatic hydroxyl groups excluding tert-OH is 1. The minimum absolute atomic E-state index is 0.0250. The summed E-state index contributed by atoms with van der Waals surface area (Å²) in [5.41, 5.74) is 0.687. The van der Waals surface area contributed by atoms with E-state index >= 15 is 0 Å². The van der Waals surface area contributed by atoms with Gasteiger partial charge in [0.25, 0.3) is 0 Å². The first-order valence-electron chi connectivity index (χ1n) is 7.63. The molecular weight excluding hydrogens is 416 g/mol. The van der Waals surface area contributed by atoms with Crippen LogP contribution < -0.4 is 0 Å². The SMILES string of the molecule is N#C/C(=C\[C@@H]1C[C@H](Br)C[C@H](Br)[C@@H]1O)C1CCC([N+](=O)[O-])CC1. The summed E-state index contributed by atoms with van der Waals surface area (Å²) in [6, 6.07) is 1.80. The number of nitro groups is 1. The van der Waals surface area contributed by atoms with E-state index in [9.17, 15) is 20.5 Å². The maximum absolute atomic E-state index is 10.8. The molecule has 2 fully saturated rings. The van der Waals surface area contributed by atoms with Crippen molar-refractivity contribution in [2.45, 2.75) is 60.3 Å². The third kappa shape index (κ3) is 4.30. The number of nitriles is 1. The number of nitrogens with zero attached hydrogens (tertiary/aromatic N) is 2. The first-order valence-corrected chi connectivity index (χ1v) is 9.47. The molecule has 7 heteroatoms. The third-order valence-corrected chi connectivity index (χ3v) is 6.44. The summed E-state index contributed by atoms with van der Waals surface area (Å²) in [5, 5.41) is 30.6.